The normalized spacial score (nSPS) is 23.8. The van der Waals surface area contributed by atoms with E-state index in [2.05, 4.69) is 27.2 Å². The smallest absolute Gasteiger partial charge is 0.230 e. The highest BCUT2D eigenvalue weighted by Crippen LogP contribution is 2.48. The Kier molecular flexibility index (Phi) is 6.51. The first-order valence-corrected chi connectivity index (χ1v) is 12.6. The van der Waals surface area contributed by atoms with E-state index >= 15 is 0 Å². The van der Waals surface area contributed by atoms with Crippen molar-refractivity contribution in [1.29, 1.82) is 0 Å². The van der Waals surface area contributed by atoms with Crippen LogP contribution in [0.4, 0.5) is 0 Å². The van der Waals surface area contributed by atoms with Crippen molar-refractivity contribution in [2.24, 2.45) is 5.92 Å². The molecule has 6 nitrogen and oxygen atoms in total. The van der Waals surface area contributed by atoms with Gasteiger partial charge in [-0.3, -0.25) is 14.5 Å². The number of likely N-dealkylation sites (tertiary alicyclic amines) is 1. The van der Waals surface area contributed by atoms with Crippen LogP contribution in [0, 0.1) is 5.92 Å². The van der Waals surface area contributed by atoms with Crippen LogP contribution < -0.4 is 5.32 Å². The molecule has 32 heavy (non-hydrogen) atoms. The minimum Gasteiger partial charge on any atom is -0.381 e. The zero-order valence-corrected chi connectivity index (χ0v) is 19.1. The van der Waals surface area contributed by atoms with E-state index in [1.165, 1.54) is 0 Å². The van der Waals surface area contributed by atoms with Gasteiger partial charge in [-0.25, -0.2) is 0 Å². The van der Waals surface area contributed by atoms with Crippen molar-refractivity contribution in [2.75, 3.05) is 39.4 Å². The molecule has 0 bridgehead atoms. The fourth-order valence-corrected chi connectivity index (χ4v) is 5.68. The molecular formula is C26H37N3O3. The Hall–Kier alpha value is -1.92. The van der Waals surface area contributed by atoms with Gasteiger partial charge in [0, 0.05) is 57.4 Å². The van der Waals surface area contributed by atoms with Gasteiger partial charge >= 0.3 is 0 Å². The molecule has 6 heteroatoms. The minimum absolute atomic E-state index is 0.181. The maximum atomic E-state index is 13.1. The number of amides is 2. The molecule has 4 aliphatic rings. The first-order valence-electron chi connectivity index (χ1n) is 12.6. The fourth-order valence-electron chi connectivity index (χ4n) is 5.68. The molecule has 2 saturated heterocycles. The molecule has 1 N–H and O–H groups in total. The maximum absolute atomic E-state index is 13.1. The highest BCUT2D eigenvalue weighted by molar-refractivity contribution is 5.91. The van der Waals surface area contributed by atoms with Gasteiger partial charge in [-0.1, -0.05) is 30.3 Å². The molecule has 2 aliphatic heterocycles. The number of rotatable bonds is 8. The largest absolute Gasteiger partial charge is 0.381 e. The third-order valence-electron chi connectivity index (χ3n) is 8.00. The molecule has 2 heterocycles. The third-order valence-corrected chi connectivity index (χ3v) is 8.00. The zero-order chi connectivity index (χ0) is 22.0. The van der Waals surface area contributed by atoms with Crippen molar-refractivity contribution in [3.63, 3.8) is 0 Å². The van der Waals surface area contributed by atoms with E-state index in [1.807, 2.05) is 18.2 Å². The van der Waals surface area contributed by atoms with E-state index in [1.54, 1.807) is 0 Å². The van der Waals surface area contributed by atoms with Gasteiger partial charge < -0.3 is 15.0 Å². The molecular weight excluding hydrogens is 402 g/mol. The predicted octanol–water partition coefficient (Wildman–Crippen LogP) is 2.72. The number of hydrogen-bond acceptors (Lipinski definition) is 4. The van der Waals surface area contributed by atoms with Gasteiger partial charge in [0.25, 0.3) is 0 Å². The minimum atomic E-state index is -0.306. The molecule has 1 aromatic rings. The lowest BCUT2D eigenvalue weighted by Gasteiger charge is -2.43. The van der Waals surface area contributed by atoms with E-state index < -0.39 is 0 Å². The van der Waals surface area contributed by atoms with Gasteiger partial charge in [0.2, 0.25) is 11.8 Å². The van der Waals surface area contributed by atoms with E-state index in [0.29, 0.717) is 30.5 Å². The Balaban J connectivity index is 1.17. The summed E-state index contributed by atoms with van der Waals surface area (Å²) < 4.78 is 5.61. The molecule has 0 radical (unpaired) electrons. The first-order chi connectivity index (χ1) is 15.7. The van der Waals surface area contributed by atoms with E-state index in [9.17, 15) is 9.59 Å². The average Bonchev–Trinajstić information content (AvgIpc) is 3.77. The molecule has 0 atom stereocenters. The summed E-state index contributed by atoms with van der Waals surface area (Å²) in [5.41, 5.74) is 0.839. The van der Waals surface area contributed by atoms with Gasteiger partial charge in [-0.15, -0.1) is 0 Å². The monoisotopic (exact) mass is 439 g/mol. The standard InChI is InChI=1S/C26H37N3O3/c30-24(20-6-7-20)28-15-8-22(9-16-28)29(23-10-18-32-19-11-23)17-14-27-25(31)26(12-13-26)21-4-2-1-3-5-21/h1-5,20,22-23H,6-19H2,(H,27,31). The molecule has 2 saturated carbocycles. The summed E-state index contributed by atoms with van der Waals surface area (Å²) in [6.07, 6.45) is 8.25. The number of piperidine rings is 1. The highest BCUT2D eigenvalue weighted by Gasteiger charge is 2.51. The molecule has 1 aromatic carbocycles. The van der Waals surface area contributed by atoms with Crippen molar-refractivity contribution in [1.82, 2.24) is 15.1 Å². The summed E-state index contributed by atoms with van der Waals surface area (Å²) in [5, 5.41) is 3.27. The van der Waals surface area contributed by atoms with Crippen LogP contribution >= 0.6 is 0 Å². The van der Waals surface area contributed by atoms with E-state index in [4.69, 9.17) is 4.74 Å². The Morgan fingerprint density at radius 1 is 0.969 bits per heavy atom. The maximum Gasteiger partial charge on any atom is 0.230 e. The van der Waals surface area contributed by atoms with Crippen LogP contribution in [0.1, 0.15) is 56.9 Å². The van der Waals surface area contributed by atoms with Gasteiger partial charge in [0.1, 0.15) is 0 Å². The summed E-state index contributed by atoms with van der Waals surface area (Å²) in [5.74, 6) is 0.872. The fraction of sp³-hybridized carbons (Fsp3) is 0.692. The predicted molar refractivity (Wildman–Crippen MR) is 123 cm³/mol. The second-order valence-corrected chi connectivity index (χ2v) is 10.1. The highest BCUT2D eigenvalue weighted by atomic mass is 16.5. The number of ether oxygens (including phenoxy) is 1. The second-order valence-electron chi connectivity index (χ2n) is 10.1. The quantitative estimate of drug-likeness (QED) is 0.677. The Morgan fingerprint density at radius 3 is 2.25 bits per heavy atom. The summed E-state index contributed by atoms with van der Waals surface area (Å²) in [4.78, 5) is 30.2. The van der Waals surface area contributed by atoms with Crippen LogP contribution in [0.3, 0.4) is 0 Å². The number of nitrogens with zero attached hydrogens (tertiary/aromatic N) is 2. The molecule has 2 amide bonds. The average molecular weight is 440 g/mol. The molecule has 0 unspecified atom stereocenters. The summed E-state index contributed by atoms with van der Waals surface area (Å²) >= 11 is 0. The summed E-state index contributed by atoms with van der Waals surface area (Å²) in [7, 11) is 0. The van der Waals surface area contributed by atoms with Crippen LogP contribution in [0.2, 0.25) is 0 Å². The van der Waals surface area contributed by atoms with Crippen LogP contribution in [0.25, 0.3) is 0 Å². The Labute approximate surface area is 191 Å². The van der Waals surface area contributed by atoms with Gasteiger partial charge in [-0.05, 0) is 56.9 Å². The lowest BCUT2D eigenvalue weighted by Crippen LogP contribution is -2.53. The molecule has 0 spiro atoms. The van der Waals surface area contributed by atoms with Crippen molar-refractivity contribution in [2.45, 2.75) is 68.9 Å². The SMILES string of the molecule is O=C(C1CC1)N1CCC(N(CCNC(=O)C2(c3ccccc3)CC2)C2CCOCC2)CC1. The van der Waals surface area contributed by atoms with Crippen molar-refractivity contribution in [3.05, 3.63) is 35.9 Å². The number of nitrogens with one attached hydrogen (secondary N) is 1. The first kappa shape index (κ1) is 21.9. The number of benzene rings is 1. The van der Waals surface area contributed by atoms with Gasteiger partial charge in [-0.2, -0.15) is 0 Å². The second kappa shape index (κ2) is 9.52. The van der Waals surface area contributed by atoms with Crippen LogP contribution in [0.5, 0.6) is 0 Å². The lowest BCUT2D eigenvalue weighted by molar-refractivity contribution is -0.134. The Morgan fingerprint density at radius 2 is 1.62 bits per heavy atom. The topological polar surface area (TPSA) is 61.9 Å². The third kappa shape index (κ3) is 4.72. The Bertz CT molecular complexity index is 792. The van der Waals surface area contributed by atoms with Crippen molar-refractivity contribution < 1.29 is 14.3 Å². The van der Waals surface area contributed by atoms with Crippen LogP contribution in [-0.4, -0.2) is 73.1 Å². The van der Waals surface area contributed by atoms with E-state index in [0.717, 1.165) is 89.8 Å². The van der Waals surface area contributed by atoms with Gasteiger partial charge in [0.05, 0.1) is 5.41 Å². The van der Waals surface area contributed by atoms with Crippen molar-refractivity contribution >= 4 is 11.8 Å². The molecule has 5 rings (SSSR count). The lowest BCUT2D eigenvalue weighted by atomic mass is 9.95. The van der Waals surface area contributed by atoms with Crippen molar-refractivity contribution in [3.8, 4) is 0 Å². The molecule has 2 aliphatic carbocycles. The van der Waals surface area contributed by atoms with Gasteiger partial charge in [0.15, 0.2) is 0 Å². The molecule has 4 fully saturated rings. The van der Waals surface area contributed by atoms with E-state index in [-0.39, 0.29) is 11.3 Å². The number of hydrogen-bond donors (Lipinski definition) is 1. The molecule has 0 aromatic heterocycles. The summed E-state index contributed by atoms with van der Waals surface area (Å²) in [6, 6.07) is 11.2. The number of carbonyl (C=O) groups excluding carboxylic acids is 2. The number of carbonyl (C=O) groups is 2. The van der Waals surface area contributed by atoms with Crippen LogP contribution in [-0.2, 0) is 19.7 Å². The van der Waals surface area contributed by atoms with Crippen LogP contribution in [0.15, 0.2) is 30.3 Å². The summed E-state index contributed by atoms with van der Waals surface area (Å²) in [6.45, 7) is 4.97. The zero-order valence-electron chi connectivity index (χ0n) is 19.1. The molecule has 174 valence electrons.